The van der Waals surface area contributed by atoms with Crippen LogP contribution in [-0.4, -0.2) is 116 Å². The number of nitrogens with zero attached hydrogens (tertiary/aromatic N) is 6. The first kappa shape index (κ1) is 80.1. The van der Waals surface area contributed by atoms with Crippen molar-refractivity contribution in [1.82, 2.24) is 29.4 Å². The second kappa shape index (κ2) is 35.8. The van der Waals surface area contributed by atoms with Gasteiger partial charge in [-0.3, -0.25) is 48.2 Å². The molecule has 18 heteroatoms. The zero-order chi connectivity index (χ0) is 76.8. The quantitative estimate of drug-likeness (QED) is 0.0343. The Morgan fingerprint density at radius 2 is 0.528 bits per heavy atom. The Kier molecular flexibility index (Phi) is 26.5. The molecule has 0 radical (unpaired) electrons. The van der Waals surface area contributed by atoms with Crippen LogP contribution in [-0.2, 0) is 19.2 Å². The number of carbonyl (C=O) groups excluding carboxylic acids is 8. The lowest BCUT2D eigenvalue weighted by atomic mass is 9.80. The third-order valence-electron chi connectivity index (χ3n) is 24.3. The molecule has 14 nitrogen and oxygen atoms in total. The topological polar surface area (TPSA) is 156 Å². The number of unbranched alkanes of at least 4 members (excludes halogenated alkanes) is 6. The Bertz CT molecular complexity index is 4220. The third kappa shape index (κ3) is 15.2. The van der Waals surface area contributed by atoms with Gasteiger partial charge in [-0.1, -0.05) is 211 Å². The van der Waals surface area contributed by atoms with Crippen molar-refractivity contribution in [2.75, 3.05) is 39.3 Å². The zero-order valence-electron chi connectivity index (χ0n) is 66.2. The number of rotatable bonds is 42. The Morgan fingerprint density at radius 1 is 0.278 bits per heavy atom. The van der Waals surface area contributed by atoms with E-state index in [1.807, 2.05) is 78.9 Å². The summed E-state index contributed by atoms with van der Waals surface area (Å²) in [6.45, 7) is 28.0. The van der Waals surface area contributed by atoms with Gasteiger partial charge < -0.3 is 19.6 Å². The maximum atomic E-state index is 16.4. The third-order valence-corrected chi connectivity index (χ3v) is 28.3. The van der Waals surface area contributed by atoms with E-state index in [1.165, 1.54) is 55.1 Å². The minimum atomic E-state index is -0.508. The SMILES string of the molecule is CCCCC(CC)CN1C(=O)c2cc(-c3ccc(C4=C5C(=O)N(CC(CC)CCCC)C(c6cccs6)=C5C(=O)N4CC(CC)CCCC)s3)c3c4c(cc(-c5ccc(C6=C7C(=O)N(CC(CC)CCCC)C(c8cccs8)=C7C(=O)N6CC(CC)CCCC)s5)c(c24)C1=O)C(=O)N(CC(CC)CCCC)C3=O. The Hall–Kier alpha value is -7.38. The summed E-state index contributed by atoms with van der Waals surface area (Å²) in [5.74, 6) is -2.12. The normalized spacial score (nSPS) is 17.7. The molecular weight excluding hydrogens is 1420 g/mol. The maximum absolute atomic E-state index is 16.4. The molecule has 6 atom stereocenters. The van der Waals surface area contributed by atoms with Gasteiger partial charge in [0.15, 0.2) is 0 Å². The van der Waals surface area contributed by atoms with Gasteiger partial charge in [0.2, 0.25) is 0 Å². The average Bonchev–Trinajstić information content (AvgIpc) is 0.817. The van der Waals surface area contributed by atoms with E-state index in [4.69, 9.17) is 0 Å². The summed E-state index contributed by atoms with van der Waals surface area (Å²) in [4.78, 5) is 143. The fourth-order valence-corrected chi connectivity index (χ4v) is 21.2. The predicted molar refractivity (Wildman–Crippen MR) is 444 cm³/mol. The Morgan fingerprint density at radius 3 is 0.769 bits per heavy atom. The number of benzene rings is 2. The molecule has 2 aromatic carbocycles. The number of thiophene rings is 4. The van der Waals surface area contributed by atoms with Gasteiger partial charge in [0.25, 0.3) is 47.3 Å². The summed E-state index contributed by atoms with van der Waals surface area (Å²) in [6, 6.07) is 19.4. The summed E-state index contributed by atoms with van der Waals surface area (Å²) in [5, 5.41) is 4.52. The molecule has 12 rings (SSSR count). The molecule has 6 aliphatic rings. The number of imide groups is 2. The van der Waals surface area contributed by atoms with Crippen LogP contribution >= 0.6 is 45.3 Å². The molecule has 10 heterocycles. The van der Waals surface area contributed by atoms with Crippen LogP contribution in [0.3, 0.4) is 0 Å². The molecule has 0 N–H and O–H groups in total. The van der Waals surface area contributed by atoms with Crippen LogP contribution < -0.4 is 0 Å². The van der Waals surface area contributed by atoms with Gasteiger partial charge in [-0.05, 0) is 133 Å². The molecule has 0 aliphatic carbocycles. The zero-order valence-corrected chi connectivity index (χ0v) is 69.5. The van der Waals surface area contributed by atoms with Crippen LogP contribution in [0.2, 0.25) is 0 Å². The molecular formula is C90H114N6O8S4. The van der Waals surface area contributed by atoms with Gasteiger partial charge in [-0.2, -0.15) is 0 Å². The van der Waals surface area contributed by atoms with Crippen molar-refractivity contribution in [2.24, 2.45) is 35.5 Å². The van der Waals surface area contributed by atoms with Gasteiger partial charge in [-0.15, -0.1) is 45.3 Å². The number of amides is 8. The smallest absolute Gasteiger partial charge is 0.262 e. The molecule has 0 saturated heterocycles. The highest BCUT2D eigenvalue weighted by atomic mass is 32.1. The summed E-state index contributed by atoms with van der Waals surface area (Å²) in [7, 11) is 0. The first-order valence-electron chi connectivity index (χ1n) is 41.4. The van der Waals surface area contributed by atoms with Crippen LogP contribution in [0.15, 0.2) is 93.7 Å². The van der Waals surface area contributed by atoms with Crippen LogP contribution in [0, 0.1) is 35.5 Å². The van der Waals surface area contributed by atoms with E-state index in [0.717, 1.165) is 164 Å². The summed E-state index contributed by atoms with van der Waals surface area (Å²) >= 11 is 5.81. The second-order valence-electron chi connectivity index (χ2n) is 31.2. The molecule has 0 spiro atoms. The Labute approximate surface area is 657 Å². The van der Waals surface area contributed by atoms with Crippen molar-refractivity contribution in [1.29, 1.82) is 0 Å². The minimum absolute atomic E-state index is 0.0226. The second-order valence-corrected chi connectivity index (χ2v) is 35.3. The van der Waals surface area contributed by atoms with Crippen LogP contribution in [0.5, 0.6) is 0 Å². The molecule has 6 aliphatic heterocycles. The van der Waals surface area contributed by atoms with Crippen molar-refractivity contribution in [2.45, 2.75) is 237 Å². The first-order valence-corrected chi connectivity index (χ1v) is 44.8. The lowest BCUT2D eigenvalue weighted by Gasteiger charge is -2.36. The Balaban J connectivity index is 1.10. The van der Waals surface area contributed by atoms with E-state index in [-0.39, 0.29) is 105 Å². The van der Waals surface area contributed by atoms with Crippen LogP contribution in [0.1, 0.15) is 298 Å². The van der Waals surface area contributed by atoms with Crippen molar-refractivity contribution in [3.05, 3.63) is 135 Å². The lowest BCUT2D eigenvalue weighted by Crippen LogP contribution is -2.46. The van der Waals surface area contributed by atoms with E-state index < -0.39 is 23.6 Å². The average molecular weight is 1540 g/mol. The summed E-state index contributed by atoms with van der Waals surface area (Å²) in [5.41, 5.74) is 5.81. The van der Waals surface area contributed by atoms with Gasteiger partial charge >= 0.3 is 0 Å². The van der Waals surface area contributed by atoms with Crippen molar-refractivity contribution in [3.63, 3.8) is 0 Å². The van der Waals surface area contributed by atoms with Crippen molar-refractivity contribution >= 4 is 126 Å². The monoisotopic (exact) mass is 1530 g/mol. The fourth-order valence-electron chi connectivity index (χ4n) is 17.5. The maximum Gasteiger partial charge on any atom is 0.262 e. The van der Waals surface area contributed by atoms with Gasteiger partial charge in [0.05, 0.1) is 75.7 Å². The molecule has 0 bridgehead atoms. The highest BCUT2D eigenvalue weighted by molar-refractivity contribution is 7.17. The molecule has 6 unspecified atom stereocenters. The molecule has 0 fully saturated rings. The van der Waals surface area contributed by atoms with Gasteiger partial charge in [-0.25, -0.2) is 0 Å². The highest BCUT2D eigenvalue weighted by Crippen LogP contribution is 2.55. The summed E-state index contributed by atoms with van der Waals surface area (Å²) < 4.78 is 0. The van der Waals surface area contributed by atoms with Gasteiger partial charge in [0.1, 0.15) is 0 Å². The molecule has 6 aromatic rings. The fraction of sp³-hybridized carbons (Fsp3) is 0.533. The molecule has 576 valence electrons. The van der Waals surface area contributed by atoms with E-state index in [0.29, 0.717) is 102 Å². The van der Waals surface area contributed by atoms with E-state index >= 15 is 38.4 Å². The van der Waals surface area contributed by atoms with Crippen molar-refractivity contribution in [3.8, 4) is 20.9 Å². The highest BCUT2D eigenvalue weighted by Gasteiger charge is 2.53. The first-order chi connectivity index (χ1) is 52.4. The molecule has 0 saturated carbocycles. The lowest BCUT2D eigenvalue weighted by molar-refractivity contribution is -0.124. The van der Waals surface area contributed by atoms with Crippen molar-refractivity contribution < 1.29 is 38.4 Å². The minimum Gasteiger partial charge on any atom is -0.306 e. The van der Waals surface area contributed by atoms with Crippen LogP contribution in [0.25, 0.3) is 54.4 Å². The standard InChI is InChI=1S/C90H114N6O8S4/c1-13-25-33-55(19-7)49-91-79(67-39-31-45-105-67)75-77(89(91)103)81(93(87(75)101)51-57(21-9)35-27-15-3)69-43-41-65(107-69)61-47-63-72-71-64(84(98)95(85(99)73(61)71)53-59(23-11)37-29-17-5)48-62(74(72)86(100)96(83(63)97)54-60(24-12)38-30-18-6)66-42-44-70(108-66)82-78-76(88(102)94(82)52-58(22-10)36-28-16-4)80(68-40-32-46-106-68)92(90(78)104)50-56(20-8)34-26-14-2/h31-32,39-48,55-60H,13-30,33-38,49-54H2,1-12H3. The molecule has 8 amide bonds. The number of carbonyl (C=O) groups is 8. The van der Waals surface area contributed by atoms with E-state index in [9.17, 15) is 0 Å². The molecule has 108 heavy (non-hydrogen) atoms. The summed E-state index contributed by atoms with van der Waals surface area (Å²) in [6.07, 6.45) is 22.0. The van der Waals surface area contributed by atoms with Gasteiger partial charge in [0, 0.05) is 82.0 Å². The largest absolute Gasteiger partial charge is 0.306 e. The van der Waals surface area contributed by atoms with E-state index in [2.05, 4.69) is 83.1 Å². The number of fused-ring (bicyclic) bond motifs is 2. The molecule has 4 aromatic heterocycles. The number of hydrogen-bond acceptors (Lipinski definition) is 12. The number of hydrogen-bond donors (Lipinski definition) is 0. The van der Waals surface area contributed by atoms with Crippen LogP contribution in [0.4, 0.5) is 0 Å². The predicted octanol–water partition coefficient (Wildman–Crippen LogP) is 22.5. The van der Waals surface area contributed by atoms with E-state index in [1.54, 1.807) is 12.1 Å².